The van der Waals surface area contributed by atoms with Crippen LogP contribution in [0.4, 0.5) is 10.5 Å². The smallest absolute Gasteiger partial charge is 0.321 e. The van der Waals surface area contributed by atoms with Crippen molar-refractivity contribution in [2.75, 3.05) is 19.0 Å². The highest BCUT2D eigenvalue weighted by Crippen LogP contribution is 2.23. The summed E-state index contributed by atoms with van der Waals surface area (Å²) in [5.41, 5.74) is 1.88. The predicted octanol–water partition coefficient (Wildman–Crippen LogP) is 2.68. The molecule has 0 aliphatic heterocycles. The Labute approximate surface area is 95.0 Å². The third-order valence-electron chi connectivity index (χ3n) is 2.32. The molecule has 2 amide bonds. The highest BCUT2D eigenvalue weighted by molar-refractivity contribution is 6.31. The second-order valence-electron chi connectivity index (χ2n) is 3.24. The molecule has 0 aromatic heterocycles. The van der Waals surface area contributed by atoms with Crippen LogP contribution in [0.2, 0.25) is 5.02 Å². The molecule has 0 unspecified atom stereocenters. The molecular formula is C11H15ClN2O. The van der Waals surface area contributed by atoms with Gasteiger partial charge in [-0.1, -0.05) is 24.6 Å². The van der Waals surface area contributed by atoms with E-state index in [9.17, 15) is 4.79 Å². The Balaban J connectivity index is 2.97. The first kappa shape index (κ1) is 11.9. The van der Waals surface area contributed by atoms with Crippen LogP contribution in [-0.4, -0.2) is 20.1 Å². The minimum absolute atomic E-state index is 0.157. The summed E-state index contributed by atoms with van der Waals surface area (Å²) >= 11 is 6.06. The standard InChI is InChI=1S/C11H15ClN2O/c1-4-8-5-6-9(7-10(8)12)14(3)11(15)13-2/h5-7H,4H2,1-3H3,(H,13,15). The number of nitrogens with zero attached hydrogens (tertiary/aromatic N) is 1. The van der Waals surface area contributed by atoms with Crippen LogP contribution in [0.1, 0.15) is 12.5 Å². The molecule has 0 saturated carbocycles. The van der Waals surface area contributed by atoms with Crippen LogP contribution in [0.15, 0.2) is 18.2 Å². The summed E-state index contributed by atoms with van der Waals surface area (Å²) in [6.45, 7) is 2.04. The Morgan fingerprint density at radius 3 is 2.67 bits per heavy atom. The lowest BCUT2D eigenvalue weighted by molar-refractivity contribution is 0.249. The number of amides is 2. The normalized spacial score (nSPS) is 9.87. The molecule has 4 heteroatoms. The predicted molar refractivity (Wildman–Crippen MR) is 63.7 cm³/mol. The molecule has 0 spiro atoms. The van der Waals surface area contributed by atoms with Gasteiger partial charge in [-0.3, -0.25) is 4.90 Å². The van der Waals surface area contributed by atoms with Gasteiger partial charge in [-0.25, -0.2) is 4.79 Å². The van der Waals surface area contributed by atoms with Gasteiger partial charge in [0.05, 0.1) is 0 Å². The second kappa shape index (κ2) is 5.03. The number of carbonyl (C=O) groups is 1. The van der Waals surface area contributed by atoms with Gasteiger partial charge >= 0.3 is 6.03 Å². The van der Waals surface area contributed by atoms with Crippen molar-refractivity contribution in [2.45, 2.75) is 13.3 Å². The molecule has 0 heterocycles. The van der Waals surface area contributed by atoms with E-state index in [0.29, 0.717) is 5.02 Å². The summed E-state index contributed by atoms with van der Waals surface area (Å²) < 4.78 is 0. The molecule has 1 rings (SSSR count). The highest BCUT2D eigenvalue weighted by Gasteiger charge is 2.09. The maximum absolute atomic E-state index is 11.3. The summed E-state index contributed by atoms with van der Waals surface area (Å²) in [5, 5.41) is 3.25. The Bertz CT molecular complexity index is 366. The number of anilines is 1. The second-order valence-corrected chi connectivity index (χ2v) is 3.65. The van der Waals surface area contributed by atoms with Gasteiger partial charge in [-0.15, -0.1) is 0 Å². The van der Waals surface area contributed by atoms with Crippen molar-refractivity contribution >= 4 is 23.3 Å². The first-order valence-electron chi connectivity index (χ1n) is 4.84. The molecule has 0 atom stereocenters. The lowest BCUT2D eigenvalue weighted by atomic mass is 10.1. The largest absolute Gasteiger partial charge is 0.341 e. The molecule has 1 N–H and O–H groups in total. The molecule has 0 aliphatic carbocycles. The number of nitrogens with one attached hydrogen (secondary N) is 1. The minimum atomic E-state index is -0.157. The van der Waals surface area contributed by atoms with E-state index in [-0.39, 0.29) is 6.03 Å². The van der Waals surface area contributed by atoms with E-state index in [2.05, 4.69) is 5.32 Å². The number of carbonyl (C=O) groups excluding carboxylic acids is 1. The number of hydrogen-bond donors (Lipinski definition) is 1. The van der Waals surface area contributed by atoms with Crippen LogP contribution in [0.5, 0.6) is 0 Å². The molecule has 0 saturated heterocycles. The van der Waals surface area contributed by atoms with E-state index in [1.807, 2.05) is 19.1 Å². The molecule has 0 radical (unpaired) electrons. The Morgan fingerprint density at radius 1 is 1.53 bits per heavy atom. The maximum Gasteiger partial charge on any atom is 0.321 e. The number of aryl methyl sites for hydroxylation is 1. The fourth-order valence-electron chi connectivity index (χ4n) is 1.32. The van der Waals surface area contributed by atoms with Gasteiger partial charge < -0.3 is 5.32 Å². The van der Waals surface area contributed by atoms with Crippen molar-refractivity contribution in [1.29, 1.82) is 0 Å². The summed E-state index contributed by atoms with van der Waals surface area (Å²) in [7, 11) is 3.30. The lowest BCUT2D eigenvalue weighted by Crippen LogP contribution is -2.34. The third kappa shape index (κ3) is 2.63. The number of rotatable bonds is 2. The van der Waals surface area contributed by atoms with Gasteiger partial charge in [0, 0.05) is 24.8 Å². The molecule has 82 valence electrons. The van der Waals surface area contributed by atoms with Crippen LogP contribution in [0, 0.1) is 0 Å². The number of halogens is 1. The average Bonchev–Trinajstić information content (AvgIpc) is 2.26. The maximum atomic E-state index is 11.3. The van der Waals surface area contributed by atoms with E-state index >= 15 is 0 Å². The Morgan fingerprint density at radius 2 is 2.20 bits per heavy atom. The third-order valence-corrected chi connectivity index (χ3v) is 2.68. The fraction of sp³-hybridized carbons (Fsp3) is 0.364. The van der Waals surface area contributed by atoms with Crippen molar-refractivity contribution in [2.24, 2.45) is 0 Å². The molecule has 0 bridgehead atoms. The Kier molecular flexibility index (Phi) is 3.97. The van der Waals surface area contributed by atoms with Crippen LogP contribution in [0.25, 0.3) is 0 Å². The zero-order chi connectivity index (χ0) is 11.4. The van der Waals surface area contributed by atoms with Gasteiger partial charge in [0.1, 0.15) is 0 Å². The van der Waals surface area contributed by atoms with Gasteiger partial charge in [0.2, 0.25) is 0 Å². The van der Waals surface area contributed by atoms with Crippen molar-refractivity contribution in [3.63, 3.8) is 0 Å². The van der Waals surface area contributed by atoms with Gasteiger partial charge in [-0.2, -0.15) is 0 Å². The van der Waals surface area contributed by atoms with Crippen LogP contribution in [0.3, 0.4) is 0 Å². The first-order valence-corrected chi connectivity index (χ1v) is 5.21. The number of benzene rings is 1. The SMILES string of the molecule is CCc1ccc(N(C)C(=O)NC)cc1Cl. The quantitative estimate of drug-likeness (QED) is 0.826. The molecule has 3 nitrogen and oxygen atoms in total. The van der Waals surface area contributed by atoms with Crippen LogP contribution >= 0.6 is 11.6 Å². The zero-order valence-electron chi connectivity index (χ0n) is 9.17. The number of hydrogen-bond acceptors (Lipinski definition) is 1. The molecule has 0 aliphatic rings. The Hall–Kier alpha value is -1.22. The molecule has 1 aromatic carbocycles. The van der Waals surface area contributed by atoms with Gasteiger partial charge in [0.25, 0.3) is 0 Å². The lowest BCUT2D eigenvalue weighted by Gasteiger charge is -2.17. The zero-order valence-corrected chi connectivity index (χ0v) is 9.93. The van der Waals surface area contributed by atoms with E-state index in [1.54, 1.807) is 20.2 Å². The van der Waals surface area contributed by atoms with Crippen molar-refractivity contribution in [1.82, 2.24) is 5.32 Å². The molecular weight excluding hydrogens is 212 g/mol. The van der Waals surface area contributed by atoms with Crippen molar-refractivity contribution in [3.8, 4) is 0 Å². The summed E-state index contributed by atoms with van der Waals surface area (Å²) in [5.74, 6) is 0. The van der Waals surface area contributed by atoms with Crippen LogP contribution < -0.4 is 10.2 Å². The summed E-state index contributed by atoms with van der Waals surface area (Å²) in [6, 6.07) is 5.47. The highest BCUT2D eigenvalue weighted by atomic mass is 35.5. The summed E-state index contributed by atoms with van der Waals surface area (Å²) in [6.07, 6.45) is 0.892. The minimum Gasteiger partial charge on any atom is -0.341 e. The topological polar surface area (TPSA) is 32.3 Å². The summed E-state index contributed by atoms with van der Waals surface area (Å²) in [4.78, 5) is 12.9. The molecule has 1 aromatic rings. The van der Waals surface area contributed by atoms with E-state index in [1.165, 1.54) is 4.90 Å². The monoisotopic (exact) mass is 226 g/mol. The number of urea groups is 1. The first-order chi connectivity index (χ1) is 7.10. The molecule has 0 fully saturated rings. The van der Waals surface area contributed by atoms with E-state index < -0.39 is 0 Å². The van der Waals surface area contributed by atoms with Gasteiger partial charge in [0.15, 0.2) is 0 Å². The van der Waals surface area contributed by atoms with Gasteiger partial charge in [-0.05, 0) is 24.1 Å². The van der Waals surface area contributed by atoms with E-state index in [4.69, 9.17) is 11.6 Å². The average molecular weight is 227 g/mol. The van der Waals surface area contributed by atoms with E-state index in [0.717, 1.165) is 17.7 Å². The van der Waals surface area contributed by atoms with Crippen molar-refractivity contribution in [3.05, 3.63) is 28.8 Å². The fourth-order valence-corrected chi connectivity index (χ4v) is 1.62. The molecule has 15 heavy (non-hydrogen) atoms. The van der Waals surface area contributed by atoms with Crippen LogP contribution in [-0.2, 0) is 6.42 Å². The van der Waals surface area contributed by atoms with Crippen molar-refractivity contribution < 1.29 is 4.79 Å².